The summed E-state index contributed by atoms with van der Waals surface area (Å²) in [5.74, 6) is -1.02. The van der Waals surface area contributed by atoms with Gasteiger partial charge in [0.25, 0.3) is 0 Å². The highest BCUT2D eigenvalue weighted by atomic mass is 19.1. The van der Waals surface area contributed by atoms with Gasteiger partial charge in [-0.15, -0.1) is 0 Å². The Balaban J connectivity index is 1.94. The second-order valence-electron chi connectivity index (χ2n) is 4.37. The van der Waals surface area contributed by atoms with Gasteiger partial charge in [-0.3, -0.25) is 4.79 Å². The lowest BCUT2D eigenvalue weighted by atomic mass is 10.0. The normalized spacial score (nSPS) is 11.9. The van der Waals surface area contributed by atoms with E-state index in [1.165, 1.54) is 12.1 Å². The molecule has 0 N–H and O–H groups in total. The molecule has 1 atom stereocenters. The van der Waals surface area contributed by atoms with E-state index in [0.717, 1.165) is 11.1 Å². The molecule has 0 amide bonds. The molecule has 0 aromatic heterocycles. The molecule has 0 radical (unpaired) electrons. The highest BCUT2D eigenvalue weighted by molar-refractivity contribution is 5.77. The zero-order valence-electron chi connectivity index (χ0n) is 10.7. The number of esters is 1. The van der Waals surface area contributed by atoms with Crippen molar-refractivity contribution in [1.82, 2.24) is 0 Å². The van der Waals surface area contributed by atoms with E-state index >= 15 is 0 Å². The predicted molar refractivity (Wildman–Crippen MR) is 71.1 cm³/mol. The second-order valence-corrected chi connectivity index (χ2v) is 4.37. The van der Waals surface area contributed by atoms with Gasteiger partial charge in [-0.2, -0.15) is 0 Å². The third kappa shape index (κ3) is 3.65. The summed E-state index contributed by atoms with van der Waals surface area (Å²) in [7, 11) is 0. The first-order chi connectivity index (χ1) is 9.16. The number of carbonyl (C=O) groups excluding carboxylic acids is 1. The minimum atomic E-state index is -0.399. The van der Waals surface area contributed by atoms with E-state index in [1.807, 2.05) is 30.3 Å². The highest BCUT2D eigenvalue weighted by Crippen LogP contribution is 2.18. The van der Waals surface area contributed by atoms with Gasteiger partial charge in [-0.1, -0.05) is 42.5 Å². The second kappa shape index (κ2) is 6.14. The fourth-order valence-corrected chi connectivity index (χ4v) is 1.74. The van der Waals surface area contributed by atoms with Crippen LogP contribution in [0.2, 0.25) is 0 Å². The van der Waals surface area contributed by atoms with Crippen molar-refractivity contribution >= 4 is 5.97 Å². The molecule has 0 unspecified atom stereocenters. The van der Waals surface area contributed by atoms with Gasteiger partial charge in [0.15, 0.2) is 0 Å². The van der Waals surface area contributed by atoms with Crippen LogP contribution in [0, 0.1) is 5.82 Å². The van der Waals surface area contributed by atoms with E-state index in [1.54, 1.807) is 19.1 Å². The number of halogens is 1. The minimum absolute atomic E-state index is 0.255. The number of carbonyl (C=O) groups is 1. The van der Waals surface area contributed by atoms with Crippen molar-refractivity contribution in [2.45, 2.75) is 19.4 Å². The first-order valence-corrected chi connectivity index (χ1v) is 6.13. The zero-order valence-corrected chi connectivity index (χ0v) is 10.7. The average Bonchev–Trinajstić information content (AvgIpc) is 2.46. The molecular weight excluding hydrogens is 243 g/mol. The Morgan fingerprint density at radius 2 is 1.74 bits per heavy atom. The van der Waals surface area contributed by atoms with Crippen LogP contribution in [0.5, 0.6) is 0 Å². The summed E-state index contributed by atoms with van der Waals surface area (Å²) in [6.07, 6.45) is 0. The Morgan fingerprint density at radius 1 is 1.11 bits per heavy atom. The summed E-state index contributed by atoms with van der Waals surface area (Å²) in [4.78, 5) is 11.9. The molecule has 0 heterocycles. The van der Waals surface area contributed by atoms with Crippen molar-refractivity contribution in [3.05, 3.63) is 71.5 Å². The van der Waals surface area contributed by atoms with Gasteiger partial charge in [-0.05, 0) is 30.2 Å². The summed E-state index contributed by atoms with van der Waals surface area (Å²) in [6, 6.07) is 15.4. The van der Waals surface area contributed by atoms with E-state index in [0.29, 0.717) is 0 Å². The van der Waals surface area contributed by atoms with Crippen LogP contribution < -0.4 is 0 Å². The lowest BCUT2D eigenvalue weighted by Gasteiger charge is -2.11. The molecule has 0 fully saturated rings. The fraction of sp³-hybridized carbons (Fsp3) is 0.188. The van der Waals surface area contributed by atoms with Gasteiger partial charge in [0.05, 0.1) is 5.92 Å². The van der Waals surface area contributed by atoms with Crippen LogP contribution in [0.15, 0.2) is 54.6 Å². The molecule has 2 nitrogen and oxygen atoms in total. The number of benzene rings is 2. The molecule has 0 aliphatic carbocycles. The third-order valence-electron chi connectivity index (χ3n) is 2.95. The van der Waals surface area contributed by atoms with Gasteiger partial charge in [0.2, 0.25) is 0 Å². The monoisotopic (exact) mass is 258 g/mol. The average molecular weight is 258 g/mol. The number of hydrogen-bond donors (Lipinski definition) is 0. The summed E-state index contributed by atoms with van der Waals surface area (Å²) in [6.45, 7) is 2.01. The topological polar surface area (TPSA) is 26.3 Å². The molecule has 2 rings (SSSR count). The van der Waals surface area contributed by atoms with Crippen molar-refractivity contribution < 1.29 is 13.9 Å². The molecule has 0 aliphatic heterocycles. The molecule has 0 spiro atoms. The van der Waals surface area contributed by atoms with E-state index in [2.05, 4.69) is 0 Å². The highest BCUT2D eigenvalue weighted by Gasteiger charge is 2.16. The smallest absolute Gasteiger partial charge is 0.313 e. The summed E-state index contributed by atoms with van der Waals surface area (Å²) < 4.78 is 18.0. The molecule has 0 aliphatic rings. The SMILES string of the molecule is C[C@H](C(=O)OCc1ccccc1)c1ccc(F)cc1. The van der Waals surface area contributed by atoms with Crippen LogP contribution >= 0.6 is 0 Å². The minimum Gasteiger partial charge on any atom is -0.460 e. The molecule has 0 bridgehead atoms. The van der Waals surface area contributed by atoms with Gasteiger partial charge in [0.1, 0.15) is 12.4 Å². The Morgan fingerprint density at radius 3 is 2.37 bits per heavy atom. The number of rotatable bonds is 4. The fourth-order valence-electron chi connectivity index (χ4n) is 1.74. The molecule has 19 heavy (non-hydrogen) atoms. The Labute approximate surface area is 111 Å². The molecule has 0 saturated heterocycles. The Kier molecular flexibility index (Phi) is 4.29. The number of hydrogen-bond acceptors (Lipinski definition) is 2. The summed E-state index contributed by atoms with van der Waals surface area (Å²) in [5.41, 5.74) is 1.70. The summed E-state index contributed by atoms with van der Waals surface area (Å²) >= 11 is 0. The van der Waals surface area contributed by atoms with Gasteiger partial charge >= 0.3 is 5.97 Å². The van der Waals surface area contributed by atoms with Crippen LogP contribution in [0.3, 0.4) is 0 Å². The maximum Gasteiger partial charge on any atom is 0.313 e. The van der Waals surface area contributed by atoms with Crippen molar-refractivity contribution in [1.29, 1.82) is 0 Å². The van der Waals surface area contributed by atoms with Crippen LogP contribution in [0.4, 0.5) is 4.39 Å². The molecule has 2 aromatic rings. The van der Waals surface area contributed by atoms with Crippen LogP contribution in [0.25, 0.3) is 0 Å². The van der Waals surface area contributed by atoms with Gasteiger partial charge in [-0.25, -0.2) is 4.39 Å². The Hall–Kier alpha value is -2.16. The Bertz CT molecular complexity index is 534. The van der Waals surface area contributed by atoms with Crippen molar-refractivity contribution in [3.8, 4) is 0 Å². The quantitative estimate of drug-likeness (QED) is 0.782. The first-order valence-electron chi connectivity index (χ1n) is 6.13. The third-order valence-corrected chi connectivity index (χ3v) is 2.95. The van der Waals surface area contributed by atoms with Crippen molar-refractivity contribution in [3.63, 3.8) is 0 Å². The van der Waals surface area contributed by atoms with E-state index in [-0.39, 0.29) is 18.4 Å². The lowest BCUT2D eigenvalue weighted by Crippen LogP contribution is -2.13. The summed E-state index contributed by atoms with van der Waals surface area (Å²) in [5, 5.41) is 0. The van der Waals surface area contributed by atoms with Crippen molar-refractivity contribution in [2.24, 2.45) is 0 Å². The molecule has 3 heteroatoms. The largest absolute Gasteiger partial charge is 0.460 e. The number of ether oxygens (including phenoxy) is 1. The molecular formula is C16H15FO2. The van der Waals surface area contributed by atoms with Gasteiger partial charge in [0, 0.05) is 0 Å². The maximum absolute atomic E-state index is 12.8. The van der Waals surface area contributed by atoms with Crippen molar-refractivity contribution in [2.75, 3.05) is 0 Å². The standard InChI is InChI=1S/C16H15FO2/c1-12(14-7-9-15(17)10-8-14)16(18)19-11-13-5-3-2-4-6-13/h2-10,12H,11H2,1H3/t12-/m0/s1. The first kappa shape index (κ1) is 13.3. The lowest BCUT2D eigenvalue weighted by molar-refractivity contribution is -0.146. The zero-order chi connectivity index (χ0) is 13.7. The van der Waals surface area contributed by atoms with E-state index in [9.17, 15) is 9.18 Å². The molecule has 98 valence electrons. The van der Waals surface area contributed by atoms with Crippen LogP contribution in [-0.4, -0.2) is 5.97 Å². The van der Waals surface area contributed by atoms with E-state index < -0.39 is 5.92 Å². The molecule has 2 aromatic carbocycles. The predicted octanol–water partition coefficient (Wildman–Crippen LogP) is 3.67. The van der Waals surface area contributed by atoms with Crippen LogP contribution in [-0.2, 0) is 16.1 Å². The van der Waals surface area contributed by atoms with Crippen LogP contribution in [0.1, 0.15) is 24.0 Å². The van der Waals surface area contributed by atoms with E-state index in [4.69, 9.17) is 4.74 Å². The van der Waals surface area contributed by atoms with Gasteiger partial charge < -0.3 is 4.74 Å². The maximum atomic E-state index is 12.8. The molecule has 0 saturated carbocycles.